The summed E-state index contributed by atoms with van der Waals surface area (Å²) in [6.45, 7) is 9.49. The summed E-state index contributed by atoms with van der Waals surface area (Å²) in [5.41, 5.74) is -0.451. The van der Waals surface area contributed by atoms with E-state index in [1.54, 1.807) is 11.3 Å². The quantitative estimate of drug-likeness (QED) is 0.928. The topological polar surface area (TPSA) is 54.5 Å². The molecule has 5 nitrogen and oxygen atoms in total. The summed E-state index contributed by atoms with van der Waals surface area (Å²) < 4.78 is 5.29. The van der Waals surface area contributed by atoms with Crippen LogP contribution in [0.2, 0.25) is 0 Å². The van der Waals surface area contributed by atoms with Crippen LogP contribution >= 0.6 is 11.3 Å². The van der Waals surface area contributed by atoms with Crippen molar-refractivity contribution in [2.24, 2.45) is 0 Å². The Morgan fingerprint density at radius 1 is 1.62 bits per heavy atom. The molecule has 2 heterocycles. The highest BCUT2D eigenvalue weighted by atomic mass is 32.1. The van der Waals surface area contributed by atoms with Crippen LogP contribution in [0.5, 0.6) is 0 Å². The van der Waals surface area contributed by atoms with E-state index < -0.39 is 5.60 Å². The van der Waals surface area contributed by atoms with Crippen molar-refractivity contribution in [3.63, 3.8) is 0 Å². The molecule has 1 amide bonds. The molecule has 0 aliphatic carbocycles. The highest BCUT2D eigenvalue weighted by molar-refractivity contribution is 7.09. The molecule has 0 unspecified atom stereocenters. The van der Waals surface area contributed by atoms with Crippen molar-refractivity contribution in [1.82, 2.24) is 15.2 Å². The summed E-state index contributed by atoms with van der Waals surface area (Å²) in [5.74, 6) is 0. The van der Waals surface area contributed by atoms with Crippen molar-refractivity contribution in [2.45, 2.75) is 58.2 Å². The van der Waals surface area contributed by atoms with Crippen LogP contribution in [0.25, 0.3) is 0 Å². The molecule has 1 aliphatic rings. The molecule has 118 valence electrons. The van der Waals surface area contributed by atoms with E-state index in [2.05, 4.69) is 22.1 Å². The predicted molar refractivity (Wildman–Crippen MR) is 84.5 cm³/mol. The smallest absolute Gasteiger partial charge is 0.407 e. The number of nitrogens with zero attached hydrogens (tertiary/aromatic N) is 2. The van der Waals surface area contributed by atoms with Gasteiger partial charge in [0.2, 0.25) is 0 Å². The van der Waals surface area contributed by atoms with Gasteiger partial charge >= 0.3 is 6.09 Å². The fourth-order valence-electron chi connectivity index (χ4n) is 2.69. The molecule has 1 aromatic heterocycles. The van der Waals surface area contributed by atoms with E-state index in [0.717, 1.165) is 24.4 Å². The van der Waals surface area contributed by atoms with Crippen molar-refractivity contribution in [3.8, 4) is 0 Å². The first-order valence-corrected chi connectivity index (χ1v) is 8.37. The molecule has 1 saturated heterocycles. The Kier molecular flexibility index (Phi) is 5.22. The summed E-state index contributed by atoms with van der Waals surface area (Å²) >= 11 is 1.69. The number of carbonyl (C=O) groups excluding carboxylic acids is 1. The van der Waals surface area contributed by atoms with Crippen LogP contribution in [-0.2, 0) is 4.74 Å². The van der Waals surface area contributed by atoms with Gasteiger partial charge in [-0.15, -0.1) is 11.3 Å². The largest absolute Gasteiger partial charge is 0.444 e. The molecule has 6 heteroatoms. The number of aromatic nitrogens is 1. The monoisotopic (exact) mass is 311 g/mol. The second-order valence-electron chi connectivity index (χ2n) is 6.46. The van der Waals surface area contributed by atoms with Gasteiger partial charge in [0.25, 0.3) is 0 Å². The van der Waals surface area contributed by atoms with Crippen LogP contribution in [0.3, 0.4) is 0 Å². The van der Waals surface area contributed by atoms with Crippen LogP contribution in [0.4, 0.5) is 4.79 Å². The van der Waals surface area contributed by atoms with E-state index in [0.29, 0.717) is 18.6 Å². The fourth-order valence-corrected chi connectivity index (χ4v) is 3.40. The van der Waals surface area contributed by atoms with Gasteiger partial charge in [-0.05, 0) is 47.1 Å². The molecule has 0 bridgehead atoms. The Bertz CT molecular complexity index is 456. The molecular formula is C15H25N3O2S. The van der Waals surface area contributed by atoms with Gasteiger partial charge in [-0.1, -0.05) is 0 Å². The van der Waals surface area contributed by atoms with Crippen LogP contribution < -0.4 is 5.32 Å². The normalized spacial score (nSPS) is 21.2. The van der Waals surface area contributed by atoms with Crippen molar-refractivity contribution in [1.29, 1.82) is 0 Å². The highest BCUT2D eigenvalue weighted by Gasteiger charge is 2.30. The van der Waals surface area contributed by atoms with Crippen LogP contribution in [0, 0.1) is 0 Å². The van der Waals surface area contributed by atoms with Crippen LogP contribution in [-0.4, -0.2) is 40.7 Å². The lowest BCUT2D eigenvalue weighted by Crippen LogP contribution is -2.42. The van der Waals surface area contributed by atoms with Gasteiger partial charge in [-0.25, -0.2) is 9.78 Å². The summed E-state index contributed by atoms with van der Waals surface area (Å²) in [4.78, 5) is 18.6. The molecule has 2 atom stereocenters. The number of thiazole rings is 1. The minimum Gasteiger partial charge on any atom is -0.444 e. The third-order valence-electron chi connectivity index (χ3n) is 3.61. The number of nitrogens with one attached hydrogen (secondary N) is 1. The Balaban J connectivity index is 1.86. The second-order valence-corrected chi connectivity index (χ2v) is 7.39. The third kappa shape index (κ3) is 4.68. The third-order valence-corrected chi connectivity index (χ3v) is 4.56. The van der Waals surface area contributed by atoms with Crippen molar-refractivity contribution < 1.29 is 9.53 Å². The van der Waals surface area contributed by atoms with Crippen molar-refractivity contribution >= 4 is 17.4 Å². The van der Waals surface area contributed by atoms with Crippen molar-refractivity contribution in [2.75, 3.05) is 13.1 Å². The van der Waals surface area contributed by atoms with E-state index in [1.807, 2.05) is 32.3 Å². The van der Waals surface area contributed by atoms with Crippen LogP contribution in [0.15, 0.2) is 11.6 Å². The zero-order valence-corrected chi connectivity index (χ0v) is 14.1. The molecule has 2 rings (SSSR count). The average Bonchev–Trinajstić information content (AvgIpc) is 3.05. The number of rotatable bonds is 4. The van der Waals surface area contributed by atoms with Gasteiger partial charge in [0.05, 0.1) is 6.04 Å². The lowest BCUT2D eigenvalue weighted by Gasteiger charge is -2.30. The van der Waals surface area contributed by atoms with Crippen molar-refractivity contribution in [3.05, 3.63) is 16.6 Å². The SMILES string of the molecule is C[C@H](c1nccs1)N1CCC[C@@H]1CNC(=O)OC(C)(C)C. The maximum atomic E-state index is 11.8. The van der Waals surface area contributed by atoms with Gasteiger partial charge in [0, 0.05) is 24.2 Å². The number of carbonyl (C=O) groups is 1. The molecule has 0 radical (unpaired) electrons. The molecule has 1 aromatic rings. The Labute approximate surface area is 130 Å². The molecule has 21 heavy (non-hydrogen) atoms. The highest BCUT2D eigenvalue weighted by Crippen LogP contribution is 2.29. The summed E-state index contributed by atoms with van der Waals surface area (Å²) in [5, 5.41) is 6.04. The zero-order chi connectivity index (χ0) is 15.5. The predicted octanol–water partition coefficient (Wildman–Crippen LogP) is 3.19. The summed E-state index contributed by atoms with van der Waals surface area (Å²) in [6.07, 6.45) is 3.78. The standard InChI is InChI=1S/C15H25N3O2S/c1-11(13-16-7-9-21-13)18-8-5-6-12(18)10-17-14(19)20-15(2,3)4/h7,9,11-12H,5-6,8,10H2,1-4H3,(H,17,19)/t11-,12-/m1/s1. The molecule has 0 saturated carbocycles. The van der Waals surface area contributed by atoms with E-state index in [4.69, 9.17) is 4.74 Å². The first-order chi connectivity index (χ1) is 9.87. The average molecular weight is 311 g/mol. The maximum Gasteiger partial charge on any atom is 0.407 e. The Hall–Kier alpha value is -1.14. The Morgan fingerprint density at radius 3 is 3.00 bits per heavy atom. The molecule has 0 aromatic carbocycles. The van der Waals surface area contributed by atoms with Gasteiger partial charge in [-0.3, -0.25) is 4.90 Å². The van der Waals surface area contributed by atoms with E-state index in [9.17, 15) is 4.79 Å². The van der Waals surface area contributed by atoms with Crippen LogP contribution in [0.1, 0.15) is 51.6 Å². The van der Waals surface area contributed by atoms with E-state index in [-0.39, 0.29) is 6.09 Å². The fraction of sp³-hybridized carbons (Fsp3) is 0.733. The number of amides is 1. The first-order valence-electron chi connectivity index (χ1n) is 7.49. The first kappa shape index (κ1) is 16.2. The number of ether oxygens (including phenoxy) is 1. The minimum atomic E-state index is -0.451. The summed E-state index contributed by atoms with van der Waals surface area (Å²) in [6, 6.07) is 0.661. The molecule has 1 N–H and O–H groups in total. The minimum absolute atomic E-state index is 0.304. The molecule has 1 aliphatic heterocycles. The second kappa shape index (κ2) is 6.75. The lowest BCUT2D eigenvalue weighted by atomic mass is 10.2. The molecule has 0 spiro atoms. The van der Waals surface area contributed by atoms with E-state index >= 15 is 0 Å². The van der Waals surface area contributed by atoms with Gasteiger partial charge in [0.15, 0.2) is 0 Å². The van der Waals surface area contributed by atoms with Gasteiger partial charge in [0.1, 0.15) is 10.6 Å². The molecule has 1 fully saturated rings. The number of alkyl carbamates (subject to hydrolysis) is 1. The van der Waals surface area contributed by atoms with E-state index in [1.165, 1.54) is 0 Å². The number of hydrogen-bond donors (Lipinski definition) is 1. The number of likely N-dealkylation sites (tertiary alicyclic amines) is 1. The lowest BCUT2D eigenvalue weighted by molar-refractivity contribution is 0.0508. The maximum absolute atomic E-state index is 11.8. The van der Waals surface area contributed by atoms with Gasteiger partial charge in [-0.2, -0.15) is 0 Å². The van der Waals surface area contributed by atoms with Gasteiger partial charge < -0.3 is 10.1 Å². The summed E-state index contributed by atoms with van der Waals surface area (Å²) in [7, 11) is 0. The number of hydrogen-bond acceptors (Lipinski definition) is 5. The zero-order valence-electron chi connectivity index (χ0n) is 13.3. The molecular weight excluding hydrogens is 286 g/mol. The Morgan fingerprint density at radius 2 is 2.38 bits per heavy atom.